The molecular weight excluding hydrogens is 784 g/mol. The van der Waals surface area contributed by atoms with E-state index in [1.807, 2.05) is 149 Å². The highest BCUT2D eigenvalue weighted by atomic mass is 35.5. The Hall–Kier alpha value is -7.52. The van der Waals surface area contributed by atoms with Gasteiger partial charge in [0, 0.05) is 46.5 Å². The first-order chi connectivity index (χ1) is 29.7. The lowest BCUT2D eigenvalue weighted by atomic mass is 10.1. The highest BCUT2D eigenvalue weighted by molar-refractivity contribution is 6.37. The van der Waals surface area contributed by atoms with E-state index in [1.165, 1.54) is 12.7 Å². The number of para-hydroxylation sites is 4. The largest absolute Gasteiger partial charge is 0.309 e. The van der Waals surface area contributed by atoms with Gasteiger partial charge < -0.3 is 9.80 Å². The predicted octanol–water partition coefficient (Wildman–Crippen LogP) is 14.5. The van der Waals surface area contributed by atoms with Crippen LogP contribution in [0.15, 0.2) is 219 Å². The molecule has 0 amide bonds. The van der Waals surface area contributed by atoms with Crippen molar-refractivity contribution in [3.8, 4) is 0 Å². The summed E-state index contributed by atoms with van der Waals surface area (Å²) in [4.78, 5) is 26.3. The van der Waals surface area contributed by atoms with Crippen molar-refractivity contribution in [3.63, 3.8) is 0 Å². The quantitative estimate of drug-likeness (QED) is 0.121. The molecule has 2 heterocycles. The Labute approximate surface area is 358 Å². The van der Waals surface area contributed by atoms with Crippen molar-refractivity contribution >= 4 is 91.7 Å². The minimum Gasteiger partial charge on any atom is -0.309 e. The van der Waals surface area contributed by atoms with Gasteiger partial charge in [0.15, 0.2) is 0 Å². The molecule has 0 bridgehead atoms. The molecule has 0 spiro atoms. The van der Waals surface area contributed by atoms with Crippen LogP contribution in [0.3, 0.4) is 0 Å². The third kappa shape index (κ3) is 7.73. The van der Waals surface area contributed by atoms with E-state index in [4.69, 9.17) is 33.2 Å². The number of benzene rings is 7. The first-order valence-corrected chi connectivity index (χ1v) is 20.0. The average molecular weight is 820 g/mol. The Morgan fingerprint density at radius 1 is 0.300 bits per heavy atom. The second kappa shape index (κ2) is 17.5. The number of hydrogen-bond acceptors (Lipinski definition) is 8. The minimum absolute atomic E-state index is 0.527. The maximum Gasteiger partial charge on any atom is 0.140 e. The van der Waals surface area contributed by atoms with Gasteiger partial charge in [-0.15, -0.1) is 0 Å². The van der Waals surface area contributed by atoms with E-state index in [1.54, 1.807) is 12.4 Å². The molecule has 0 fully saturated rings. The van der Waals surface area contributed by atoms with Crippen LogP contribution in [-0.4, -0.2) is 19.9 Å². The molecule has 8 nitrogen and oxygen atoms in total. The Kier molecular flexibility index (Phi) is 11.1. The van der Waals surface area contributed by atoms with Crippen molar-refractivity contribution in [2.24, 2.45) is 0 Å². The molecule has 290 valence electrons. The van der Waals surface area contributed by atoms with Crippen LogP contribution in [0.5, 0.6) is 0 Å². The standard InChI is InChI=1S/C50H36Cl2N8/c51-49-43(57(37-16-5-1-6-17-37)38-18-7-2-8-19-38)26-14-28-45(49)59(47-30-32-53-35-55-47)41-24-13-25-42(34-41)60(48-31-33-54-36-56-48)46-29-15-27-44(50(46)52)58(39-20-9-3-10-21-39)40-22-11-4-12-23-40/h1-36H. The molecule has 60 heavy (non-hydrogen) atoms. The summed E-state index contributed by atoms with van der Waals surface area (Å²) in [6.45, 7) is 0. The number of hydrogen-bond donors (Lipinski definition) is 0. The second-order valence-electron chi connectivity index (χ2n) is 13.6. The molecule has 9 rings (SSSR count). The van der Waals surface area contributed by atoms with Crippen LogP contribution in [0, 0.1) is 0 Å². The zero-order chi connectivity index (χ0) is 40.7. The number of nitrogens with zero attached hydrogens (tertiary/aromatic N) is 8. The van der Waals surface area contributed by atoms with Crippen molar-refractivity contribution in [3.05, 3.63) is 229 Å². The predicted molar refractivity (Wildman–Crippen MR) is 246 cm³/mol. The molecule has 0 aliphatic carbocycles. The SMILES string of the molecule is Clc1c(N(c2ccccc2)c2ccccc2)cccc1N(c1cccc(N(c2ccncn2)c2cccc(N(c3ccccc3)c3ccccc3)c2Cl)c1)c1ccncn1. The topological polar surface area (TPSA) is 64.5 Å². The van der Waals surface area contributed by atoms with Gasteiger partial charge in [0.25, 0.3) is 0 Å². The Balaban J connectivity index is 1.20. The van der Waals surface area contributed by atoms with E-state index in [-0.39, 0.29) is 0 Å². The lowest BCUT2D eigenvalue weighted by Gasteiger charge is -2.32. The molecule has 2 aromatic heterocycles. The Morgan fingerprint density at radius 2 is 0.600 bits per heavy atom. The zero-order valence-electron chi connectivity index (χ0n) is 32.1. The first-order valence-electron chi connectivity index (χ1n) is 19.3. The molecule has 0 radical (unpaired) electrons. The highest BCUT2D eigenvalue weighted by Crippen LogP contribution is 2.49. The summed E-state index contributed by atoms with van der Waals surface area (Å²) in [6, 6.07) is 64.7. The van der Waals surface area contributed by atoms with Crippen molar-refractivity contribution in [2.45, 2.75) is 0 Å². The summed E-state index contributed by atoms with van der Waals surface area (Å²) >= 11 is 15.2. The first kappa shape index (κ1) is 38.0. The minimum atomic E-state index is 0.527. The van der Waals surface area contributed by atoms with Gasteiger partial charge in [-0.3, -0.25) is 9.80 Å². The van der Waals surface area contributed by atoms with Crippen LogP contribution in [-0.2, 0) is 0 Å². The fourth-order valence-electron chi connectivity index (χ4n) is 7.26. The molecule has 10 heteroatoms. The normalized spacial score (nSPS) is 10.8. The highest BCUT2D eigenvalue weighted by Gasteiger charge is 2.26. The number of halogens is 2. The molecule has 0 aliphatic heterocycles. The van der Waals surface area contributed by atoms with Crippen molar-refractivity contribution in [1.82, 2.24) is 19.9 Å². The summed E-state index contributed by atoms with van der Waals surface area (Å²) in [6.07, 6.45) is 6.52. The van der Waals surface area contributed by atoms with Crippen LogP contribution < -0.4 is 19.6 Å². The van der Waals surface area contributed by atoms with Gasteiger partial charge in [-0.1, -0.05) is 114 Å². The Bertz CT molecular complexity index is 2530. The van der Waals surface area contributed by atoms with Crippen LogP contribution in [0.25, 0.3) is 0 Å². The van der Waals surface area contributed by atoms with E-state index in [0.29, 0.717) is 21.7 Å². The third-order valence-corrected chi connectivity index (χ3v) is 10.6. The fraction of sp³-hybridized carbons (Fsp3) is 0. The molecule has 0 unspecified atom stereocenters. The molecule has 0 N–H and O–H groups in total. The molecular formula is C50H36Cl2N8. The summed E-state index contributed by atoms with van der Waals surface area (Å²) in [5, 5.41) is 1.05. The lowest BCUT2D eigenvalue weighted by Crippen LogP contribution is -2.17. The van der Waals surface area contributed by atoms with E-state index < -0.39 is 0 Å². The van der Waals surface area contributed by atoms with Crippen LogP contribution in [0.1, 0.15) is 0 Å². The molecule has 0 atom stereocenters. The average Bonchev–Trinajstić information content (AvgIpc) is 3.31. The van der Waals surface area contributed by atoms with E-state index in [9.17, 15) is 0 Å². The third-order valence-electron chi connectivity index (χ3n) is 9.87. The van der Waals surface area contributed by atoms with Crippen LogP contribution in [0.4, 0.5) is 68.5 Å². The van der Waals surface area contributed by atoms with Crippen LogP contribution in [0.2, 0.25) is 10.0 Å². The van der Waals surface area contributed by atoms with Gasteiger partial charge in [-0.2, -0.15) is 0 Å². The van der Waals surface area contributed by atoms with Gasteiger partial charge in [-0.25, -0.2) is 19.9 Å². The monoisotopic (exact) mass is 818 g/mol. The molecule has 7 aromatic carbocycles. The molecule has 0 saturated heterocycles. The number of aromatic nitrogens is 4. The van der Waals surface area contributed by atoms with Gasteiger partial charge in [0.05, 0.1) is 32.8 Å². The summed E-state index contributed by atoms with van der Waals surface area (Å²) in [5.41, 5.74) is 8.49. The smallest absolute Gasteiger partial charge is 0.140 e. The van der Waals surface area contributed by atoms with Crippen molar-refractivity contribution in [2.75, 3.05) is 19.6 Å². The van der Waals surface area contributed by atoms with Gasteiger partial charge >= 0.3 is 0 Å². The number of rotatable bonds is 12. The Morgan fingerprint density at radius 3 is 0.917 bits per heavy atom. The van der Waals surface area contributed by atoms with Crippen LogP contribution >= 0.6 is 23.2 Å². The molecule has 0 saturated carbocycles. The van der Waals surface area contributed by atoms with Crippen molar-refractivity contribution in [1.29, 1.82) is 0 Å². The molecule has 0 aliphatic rings. The van der Waals surface area contributed by atoms with E-state index in [2.05, 4.69) is 74.4 Å². The summed E-state index contributed by atoms with van der Waals surface area (Å²) in [5.74, 6) is 1.25. The summed E-state index contributed by atoms with van der Waals surface area (Å²) in [7, 11) is 0. The fourth-order valence-corrected chi connectivity index (χ4v) is 7.85. The van der Waals surface area contributed by atoms with Gasteiger partial charge in [0.1, 0.15) is 24.3 Å². The lowest BCUT2D eigenvalue weighted by molar-refractivity contribution is 1.10. The zero-order valence-corrected chi connectivity index (χ0v) is 33.6. The van der Waals surface area contributed by atoms with Crippen molar-refractivity contribution < 1.29 is 0 Å². The van der Waals surface area contributed by atoms with E-state index in [0.717, 1.165) is 56.9 Å². The second-order valence-corrected chi connectivity index (χ2v) is 14.3. The maximum absolute atomic E-state index is 7.58. The maximum atomic E-state index is 7.58. The van der Waals surface area contributed by atoms with E-state index >= 15 is 0 Å². The number of anilines is 12. The molecule has 9 aromatic rings. The summed E-state index contributed by atoms with van der Waals surface area (Å²) < 4.78 is 0. The van der Waals surface area contributed by atoms with Gasteiger partial charge in [-0.05, 0) is 103 Å². The van der Waals surface area contributed by atoms with Gasteiger partial charge in [0.2, 0.25) is 0 Å².